The van der Waals surface area contributed by atoms with E-state index in [9.17, 15) is 22.4 Å². The second-order valence-corrected chi connectivity index (χ2v) is 6.08. The minimum Gasteiger partial charge on any atom is -0.325 e. The molecule has 0 bridgehead atoms. The standard InChI is InChI=1S/C18H16F4N2O/c19-12-2-1-11(17(22)8-12)9-24(16-3-4-16)10-18(25)23-15-6-13(20)5-14(21)7-15/h1-2,5-8,16H,3-4,9-10H2,(H,23,25). The molecule has 0 aromatic heterocycles. The summed E-state index contributed by atoms with van der Waals surface area (Å²) in [5, 5.41) is 2.43. The van der Waals surface area contributed by atoms with Crippen molar-refractivity contribution in [3.05, 3.63) is 65.2 Å². The zero-order chi connectivity index (χ0) is 18.0. The van der Waals surface area contributed by atoms with E-state index >= 15 is 0 Å². The highest BCUT2D eigenvalue weighted by Gasteiger charge is 2.30. The van der Waals surface area contributed by atoms with Crippen molar-refractivity contribution in [3.63, 3.8) is 0 Å². The smallest absolute Gasteiger partial charge is 0.238 e. The molecule has 132 valence electrons. The van der Waals surface area contributed by atoms with Gasteiger partial charge in [0.1, 0.15) is 23.3 Å². The molecule has 3 nitrogen and oxygen atoms in total. The largest absolute Gasteiger partial charge is 0.325 e. The zero-order valence-corrected chi connectivity index (χ0v) is 13.2. The van der Waals surface area contributed by atoms with Crippen LogP contribution in [0.25, 0.3) is 0 Å². The van der Waals surface area contributed by atoms with Crippen LogP contribution in [0.4, 0.5) is 23.2 Å². The predicted octanol–water partition coefficient (Wildman–Crippen LogP) is 3.85. The first-order valence-corrected chi connectivity index (χ1v) is 7.84. The number of amides is 1. The Hall–Kier alpha value is -2.41. The van der Waals surface area contributed by atoms with E-state index in [1.54, 1.807) is 4.90 Å². The van der Waals surface area contributed by atoms with Crippen molar-refractivity contribution in [1.82, 2.24) is 4.90 Å². The minimum atomic E-state index is -0.789. The van der Waals surface area contributed by atoms with Crippen LogP contribution in [0.1, 0.15) is 18.4 Å². The van der Waals surface area contributed by atoms with Gasteiger partial charge in [0.05, 0.1) is 6.54 Å². The van der Waals surface area contributed by atoms with Gasteiger partial charge >= 0.3 is 0 Å². The monoisotopic (exact) mass is 352 g/mol. The van der Waals surface area contributed by atoms with Gasteiger partial charge < -0.3 is 5.32 Å². The van der Waals surface area contributed by atoms with E-state index in [1.165, 1.54) is 12.1 Å². The van der Waals surface area contributed by atoms with Crippen LogP contribution in [0.2, 0.25) is 0 Å². The Balaban J connectivity index is 1.66. The molecule has 1 fully saturated rings. The number of nitrogens with one attached hydrogen (secondary N) is 1. The third-order valence-corrected chi connectivity index (χ3v) is 3.94. The molecule has 1 aliphatic carbocycles. The van der Waals surface area contributed by atoms with Crippen molar-refractivity contribution in [2.24, 2.45) is 0 Å². The number of benzene rings is 2. The minimum absolute atomic E-state index is 0.0196. The lowest BCUT2D eigenvalue weighted by Crippen LogP contribution is -2.34. The molecule has 3 rings (SSSR count). The summed E-state index contributed by atoms with van der Waals surface area (Å²) in [5.74, 6) is -3.37. The number of rotatable bonds is 6. The number of anilines is 1. The van der Waals surface area contributed by atoms with E-state index in [1.807, 2.05) is 0 Å². The van der Waals surface area contributed by atoms with Gasteiger partial charge in [-0.25, -0.2) is 17.6 Å². The summed E-state index contributed by atoms with van der Waals surface area (Å²) < 4.78 is 53.2. The van der Waals surface area contributed by atoms with E-state index in [0.717, 1.165) is 31.0 Å². The van der Waals surface area contributed by atoms with Crippen LogP contribution in [0.3, 0.4) is 0 Å². The zero-order valence-electron chi connectivity index (χ0n) is 13.2. The molecule has 0 atom stereocenters. The van der Waals surface area contributed by atoms with Crippen molar-refractivity contribution in [2.75, 3.05) is 11.9 Å². The average Bonchev–Trinajstić information content (AvgIpc) is 3.32. The summed E-state index contributed by atoms with van der Waals surface area (Å²) >= 11 is 0. The van der Waals surface area contributed by atoms with E-state index in [0.29, 0.717) is 6.07 Å². The van der Waals surface area contributed by atoms with Crippen molar-refractivity contribution in [2.45, 2.75) is 25.4 Å². The van der Waals surface area contributed by atoms with Crippen LogP contribution in [0.5, 0.6) is 0 Å². The first-order valence-electron chi connectivity index (χ1n) is 7.84. The van der Waals surface area contributed by atoms with E-state index in [4.69, 9.17) is 0 Å². The molecule has 0 spiro atoms. The number of nitrogens with zero attached hydrogens (tertiary/aromatic N) is 1. The lowest BCUT2D eigenvalue weighted by atomic mass is 10.2. The SMILES string of the molecule is O=C(CN(Cc1ccc(F)cc1F)C1CC1)Nc1cc(F)cc(F)c1. The molecule has 1 saturated carbocycles. The average molecular weight is 352 g/mol. The number of carbonyl (C=O) groups excluding carboxylic acids is 1. The van der Waals surface area contributed by atoms with E-state index < -0.39 is 29.2 Å². The molecule has 0 aliphatic heterocycles. The van der Waals surface area contributed by atoms with Crippen LogP contribution < -0.4 is 5.32 Å². The van der Waals surface area contributed by atoms with Crippen LogP contribution in [-0.2, 0) is 11.3 Å². The summed E-state index contributed by atoms with van der Waals surface area (Å²) in [6.45, 7) is 0.0985. The maximum Gasteiger partial charge on any atom is 0.238 e. The fourth-order valence-corrected chi connectivity index (χ4v) is 2.63. The van der Waals surface area contributed by atoms with Crippen molar-refractivity contribution in [1.29, 1.82) is 0 Å². The Morgan fingerprint density at radius 3 is 2.28 bits per heavy atom. The molecule has 0 saturated heterocycles. The van der Waals surface area contributed by atoms with Gasteiger partial charge in [-0.1, -0.05) is 6.07 Å². The van der Waals surface area contributed by atoms with Crippen molar-refractivity contribution in [3.8, 4) is 0 Å². The number of hydrogen-bond donors (Lipinski definition) is 1. The molecule has 0 radical (unpaired) electrons. The molecular formula is C18H16F4N2O. The fourth-order valence-electron chi connectivity index (χ4n) is 2.63. The predicted molar refractivity (Wildman–Crippen MR) is 84.8 cm³/mol. The summed E-state index contributed by atoms with van der Waals surface area (Å²) in [6.07, 6.45) is 1.76. The molecule has 1 amide bonds. The van der Waals surface area contributed by atoms with Crippen LogP contribution in [0, 0.1) is 23.3 Å². The molecule has 2 aromatic rings. The normalized spacial score (nSPS) is 14.0. The Morgan fingerprint density at radius 2 is 1.68 bits per heavy atom. The maximum atomic E-state index is 13.8. The summed E-state index contributed by atoms with van der Waals surface area (Å²) in [4.78, 5) is 13.9. The Bertz CT molecular complexity index is 772. The Kier molecular flexibility index (Phi) is 5.03. The van der Waals surface area contributed by atoms with Gasteiger partial charge in [0, 0.05) is 36.0 Å². The molecule has 0 heterocycles. The van der Waals surface area contributed by atoms with E-state index in [2.05, 4.69) is 5.32 Å². The molecule has 1 N–H and O–H groups in total. The number of hydrogen-bond acceptors (Lipinski definition) is 2. The highest BCUT2D eigenvalue weighted by Crippen LogP contribution is 2.28. The quantitative estimate of drug-likeness (QED) is 0.801. The first-order chi connectivity index (χ1) is 11.9. The Morgan fingerprint density at radius 1 is 1.00 bits per heavy atom. The lowest BCUT2D eigenvalue weighted by molar-refractivity contribution is -0.117. The number of carbonyl (C=O) groups is 1. The fraction of sp³-hybridized carbons (Fsp3) is 0.278. The molecule has 25 heavy (non-hydrogen) atoms. The van der Waals surface area contributed by atoms with Gasteiger partial charge in [0.25, 0.3) is 0 Å². The third kappa shape index (κ3) is 4.79. The molecule has 2 aromatic carbocycles. The Labute approximate surface area is 142 Å². The van der Waals surface area contributed by atoms with Crippen molar-refractivity contribution >= 4 is 11.6 Å². The molecular weight excluding hydrogens is 336 g/mol. The molecule has 0 unspecified atom stereocenters. The van der Waals surface area contributed by atoms with Gasteiger partial charge in [-0.3, -0.25) is 9.69 Å². The third-order valence-electron chi connectivity index (χ3n) is 3.94. The molecule has 1 aliphatic rings. The van der Waals surface area contributed by atoms with Crippen LogP contribution in [-0.4, -0.2) is 23.4 Å². The first kappa shape index (κ1) is 17.4. The topological polar surface area (TPSA) is 32.3 Å². The molecule has 7 heteroatoms. The maximum absolute atomic E-state index is 13.8. The van der Waals surface area contributed by atoms with Gasteiger partial charge in [-0.05, 0) is 31.0 Å². The number of halogens is 4. The van der Waals surface area contributed by atoms with Crippen molar-refractivity contribution < 1.29 is 22.4 Å². The highest BCUT2D eigenvalue weighted by molar-refractivity contribution is 5.92. The van der Waals surface area contributed by atoms with Gasteiger partial charge in [0.2, 0.25) is 5.91 Å². The summed E-state index contributed by atoms with van der Waals surface area (Å²) in [6, 6.07) is 6.20. The van der Waals surface area contributed by atoms with E-state index in [-0.39, 0.29) is 30.4 Å². The second-order valence-electron chi connectivity index (χ2n) is 6.08. The van der Waals surface area contributed by atoms with Gasteiger partial charge in [-0.15, -0.1) is 0 Å². The van der Waals surface area contributed by atoms with Gasteiger partial charge in [-0.2, -0.15) is 0 Å². The van der Waals surface area contributed by atoms with Gasteiger partial charge in [0.15, 0.2) is 0 Å². The van der Waals surface area contributed by atoms with Crippen LogP contribution >= 0.6 is 0 Å². The highest BCUT2D eigenvalue weighted by atomic mass is 19.1. The second kappa shape index (κ2) is 7.23. The summed E-state index contributed by atoms with van der Waals surface area (Å²) in [7, 11) is 0. The van der Waals surface area contributed by atoms with Crippen LogP contribution in [0.15, 0.2) is 36.4 Å². The summed E-state index contributed by atoms with van der Waals surface area (Å²) in [5.41, 5.74) is 0.309. The lowest BCUT2D eigenvalue weighted by Gasteiger charge is -2.21.